The molecular formula is C18H17ClN2O3S2. The number of hydrogen-bond acceptors (Lipinski definition) is 6. The first-order valence-corrected chi connectivity index (χ1v) is 10.5. The largest absolute Gasteiger partial charge is 0.497 e. The van der Waals surface area contributed by atoms with E-state index >= 15 is 0 Å². The number of ether oxygens (including phenoxy) is 1. The lowest BCUT2D eigenvalue weighted by Gasteiger charge is -2.04. The van der Waals surface area contributed by atoms with Gasteiger partial charge >= 0.3 is 0 Å². The van der Waals surface area contributed by atoms with Crippen LogP contribution in [0.3, 0.4) is 0 Å². The summed E-state index contributed by atoms with van der Waals surface area (Å²) in [6, 6.07) is 15.9. The average molecular weight is 409 g/mol. The number of sulfone groups is 1. The number of benzene rings is 2. The van der Waals surface area contributed by atoms with Gasteiger partial charge in [-0.1, -0.05) is 53.3 Å². The zero-order chi connectivity index (χ0) is 18.6. The molecule has 136 valence electrons. The minimum absolute atomic E-state index is 0.109. The number of methoxy groups -OCH3 is 1. The van der Waals surface area contributed by atoms with Crippen LogP contribution in [0.5, 0.6) is 5.75 Å². The van der Waals surface area contributed by atoms with Crippen molar-refractivity contribution in [1.82, 2.24) is 4.98 Å². The van der Waals surface area contributed by atoms with Crippen LogP contribution >= 0.6 is 22.9 Å². The Balaban J connectivity index is 1.68. The minimum Gasteiger partial charge on any atom is -0.497 e. The van der Waals surface area contributed by atoms with Gasteiger partial charge in [0.2, 0.25) is 9.84 Å². The lowest BCUT2D eigenvalue weighted by Crippen LogP contribution is -2.06. The fraction of sp³-hybridized carbons (Fsp3) is 0.167. The normalized spacial score (nSPS) is 11.3. The predicted molar refractivity (Wildman–Crippen MR) is 104 cm³/mol. The Morgan fingerprint density at radius 3 is 2.46 bits per heavy atom. The number of halogens is 1. The van der Waals surface area contributed by atoms with Crippen LogP contribution in [0.2, 0.25) is 4.34 Å². The monoisotopic (exact) mass is 408 g/mol. The van der Waals surface area contributed by atoms with Crippen LogP contribution in [0.25, 0.3) is 0 Å². The van der Waals surface area contributed by atoms with E-state index in [0.29, 0.717) is 11.7 Å². The number of rotatable bonds is 7. The molecule has 3 aromatic rings. The summed E-state index contributed by atoms with van der Waals surface area (Å²) in [6.07, 6.45) is 0.766. The summed E-state index contributed by atoms with van der Waals surface area (Å²) in [5.41, 5.74) is 1.14. The van der Waals surface area contributed by atoms with Crippen LogP contribution in [0.4, 0.5) is 5.13 Å². The third-order valence-electron chi connectivity index (χ3n) is 3.71. The molecule has 1 aromatic heterocycles. The van der Waals surface area contributed by atoms with Gasteiger partial charge in [-0.2, -0.15) is 0 Å². The minimum atomic E-state index is -3.72. The molecule has 0 unspecified atom stereocenters. The Morgan fingerprint density at radius 1 is 1.12 bits per heavy atom. The number of hydrogen-bond donors (Lipinski definition) is 1. The van der Waals surface area contributed by atoms with Crippen molar-refractivity contribution < 1.29 is 13.2 Å². The molecule has 0 aliphatic carbocycles. The molecule has 3 rings (SSSR count). The van der Waals surface area contributed by atoms with Crippen LogP contribution in [-0.4, -0.2) is 27.1 Å². The molecule has 2 aromatic carbocycles. The van der Waals surface area contributed by atoms with Crippen LogP contribution in [0.1, 0.15) is 5.56 Å². The van der Waals surface area contributed by atoms with Gasteiger partial charge in [-0.15, -0.1) is 0 Å². The maximum atomic E-state index is 12.6. The van der Waals surface area contributed by atoms with E-state index in [1.54, 1.807) is 25.3 Å². The molecule has 8 heteroatoms. The Hall–Kier alpha value is -2.09. The van der Waals surface area contributed by atoms with Crippen molar-refractivity contribution in [2.75, 3.05) is 19.0 Å². The quantitative estimate of drug-likeness (QED) is 0.631. The molecule has 0 fully saturated rings. The van der Waals surface area contributed by atoms with Gasteiger partial charge in [0, 0.05) is 6.54 Å². The highest BCUT2D eigenvalue weighted by atomic mass is 35.5. The first kappa shape index (κ1) is 18.7. The van der Waals surface area contributed by atoms with Crippen molar-refractivity contribution in [1.29, 1.82) is 0 Å². The van der Waals surface area contributed by atoms with Crippen LogP contribution in [-0.2, 0) is 16.3 Å². The molecule has 5 nitrogen and oxygen atoms in total. The molecule has 0 atom stereocenters. The fourth-order valence-electron chi connectivity index (χ4n) is 2.35. The van der Waals surface area contributed by atoms with Crippen molar-refractivity contribution >= 4 is 37.9 Å². The van der Waals surface area contributed by atoms with E-state index in [1.807, 2.05) is 24.3 Å². The molecule has 0 amide bonds. The van der Waals surface area contributed by atoms with Crippen LogP contribution < -0.4 is 10.1 Å². The van der Waals surface area contributed by atoms with Gasteiger partial charge in [0.05, 0.1) is 12.0 Å². The molecule has 0 aliphatic heterocycles. The van der Waals surface area contributed by atoms with Gasteiger partial charge in [-0.05, 0) is 36.2 Å². The number of aromatic nitrogens is 1. The van der Waals surface area contributed by atoms with Crippen molar-refractivity contribution in [2.45, 2.75) is 16.3 Å². The topological polar surface area (TPSA) is 68.3 Å². The first-order chi connectivity index (χ1) is 12.5. The van der Waals surface area contributed by atoms with E-state index in [1.165, 1.54) is 12.1 Å². The molecule has 1 heterocycles. The van der Waals surface area contributed by atoms with E-state index in [4.69, 9.17) is 16.3 Å². The van der Waals surface area contributed by atoms with Crippen LogP contribution in [0, 0.1) is 0 Å². The Labute approximate surface area is 161 Å². The highest BCUT2D eigenvalue weighted by Crippen LogP contribution is 2.34. The van der Waals surface area contributed by atoms with E-state index in [9.17, 15) is 8.42 Å². The van der Waals surface area contributed by atoms with Gasteiger partial charge < -0.3 is 10.1 Å². The van der Waals surface area contributed by atoms with E-state index < -0.39 is 9.84 Å². The number of nitrogens with one attached hydrogen (secondary N) is 1. The molecular weight excluding hydrogens is 392 g/mol. The lowest BCUT2D eigenvalue weighted by atomic mass is 10.1. The number of anilines is 1. The van der Waals surface area contributed by atoms with Gasteiger partial charge in [0.1, 0.15) is 10.1 Å². The van der Waals surface area contributed by atoms with Gasteiger partial charge in [0.25, 0.3) is 0 Å². The van der Waals surface area contributed by atoms with Gasteiger partial charge in [0.15, 0.2) is 10.2 Å². The van der Waals surface area contributed by atoms with Crippen molar-refractivity contribution in [2.24, 2.45) is 0 Å². The zero-order valence-corrected chi connectivity index (χ0v) is 16.4. The molecule has 0 radical (unpaired) electrons. The molecule has 26 heavy (non-hydrogen) atoms. The first-order valence-electron chi connectivity index (χ1n) is 7.84. The summed E-state index contributed by atoms with van der Waals surface area (Å²) >= 11 is 7.25. The average Bonchev–Trinajstić information content (AvgIpc) is 3.04. The molecule has 0 saturated carbocycles. The highest BCUT2D eigenvalue weighted by Gasteiger charge is 2.25. The maximum absolute atomic E-state index is 12.6. The summed E-state index contributed by atoms with van der Waals surface area (Å²) in [7, 11) is -2.09. The van der Waals surface area contributed by atoms with E-state index in [-0.39, 0.29) is 14.3 Å². The summed E-state index contributed by atoms with van der Waals surface area (Å²) in [5.74, 6) is 0.809. The van der Waals surface area contributed by atoms with Crippen molar-refractivity contribution in [3.8, 4) is 5.75 Å². The smallest absolute Gasteiger partial charge is 0.226 e. The number of thiazole rings is 1. The summed E-state index contributed by atoms with van der Waals surface area (Å²) in [5, 5.41) is 3.51. The van der Waals surface area contributed by atoms with Gasteiger partial charge in [-0.3, -0.25) is 0 Å². The summed E-state index contributed by atoms with van der Waals surface area (Å²) in [4.78, 5) is 4.36. The third kappa shape index (κ3) is 4.17. The molecule has 0 saturated heterocycles. The molecule has 0 spiro atoms. The highest BCUT2D eigenvalue weighted by molar-refractivity contribution is 7.91. The van der Waals surface area contributed by atoms with Crippen molar-refractivity contribution in [3.05, 3.63) is 64.5 Å². The Morgan fingerprint density at radius 2 is 1.81 bits per heavy atom. The third-order valence-corrected chi connectivity index (χ3v) is 6.87. The Bertz CT molecular complexity index is 971. The second kappa shape index (κ2) is 8.07. The second-order valence-corrected chi connectivity index (χ2v) is 8.91. The maximum Gasteiger partial charge on any atom is 0.226 e. The molecule has 0 aliphatic rings. The van der Waals surface area contributed by atoms with E-state index in [0.717, 1.165) is 29.1 Å². The zero-order valence-electron chi connectivity index (χ0n) is 14.0. The summed E-state index contributed by atoms with van der Waals surface area (Å²) in [6.45, 7) is 0.612. The molecule has 1 N–H and O–H groups in total. The lowest BCUT2D eigenvalue weighted by molar-refractivity contribution is 0.414. The fourth-order valence-corrected chi connectivity index (χ4v) is 5.20. The van der Waals surface area contributed by atoms with Crippen LogP contribution in [0.15, 0.2) is 64.5 Å². The second-order valence-electron chi connectivity index (χ2n) is 5.44. The molecule has 0 bridgehead atoms. The predicted octanol–water partition coefficient (Wildman–Crippen LogP) is 4.29. The van der Waals surface area contributed by atoms with Gasteiger partial charge in [-0.25, -0.2) is 13.4 Å². The Kier molecular flexibility index (Phi) is 5.80. The SMILES string of the molecule is COc1ccc(CCNc2nc(S(=O)(=O)c3ccccc3)c(Cl)s2)cc1. The standard InChI is InChI=1S/C18H17ClN2O3S2/c1-24-14-9-7-13(8-10-14)11-12-20-18-21-17(16(19)25-18)26(22,23)15-5-3-2-4-6-15/h2-10H,11-12H2,1H3,(H,20,21). The van der Waals surface area contributed by atoms with E-state index in [2.05, 4.69) is 10.3 Å². The summed E-state index contributed by atoms with van der Waals surface area (Å²) < 4.78 is 30.6. The number of nitrogens with zero attached hydrogens (tertiary/aromatic N) is 1. The van der Waals surface area contributed by atoms with Crippen molar-refractivity contribution in [3.63, 3.8) is 0 Å².